The van der Waals surface area contributed by atoms with Crippen LogP contribution in [0.1, 0.15) is 36.9 Å². The first-order valence-electron chi connectivity index (χ1n) is 9.88. The van der Waals surface area contributed by atoms with Gasteiger partial charge >= 0.3 is 5.97 Å². The van der Waals surface area contributed by atoms with Crippen LogP contribution in [0.5, 0.6) is 5.75 Å². The van der Waals surface area contributed by atoms with Crippen molar-refractivity contribution < 1.29 is 14.6 Å². The number of carboxylic acids is 1. The Hall–Kier alpha value is -2.85. The molecule has 1 fully saturated rings. The van der Waals surface area contributed by atoms with Crippen molar-refractivity contribution in [3.63, 3.8) is 0 Å². The lowest BCUT2D eigenvalue weighted by Crippen LogP contribution is -2.39. The fourth-order valence-electron chi connectivity index (χ4n) is 4.31. The van der Waals surface area contributed by atoms with Crippen molar-refractivity contribution in [2.75, 3.05) is 13.2 Å². The molecule has 0 spiro atoms. The lowest BCUT2D eigenvalue weighted by atomic mass is 9.92. The summed E-state index contributed by atoms with van der Waals surface area (Å²) in [7, 11) is 0. The molecule has 1 aliphatic rings. The van der Waals surface area contributed by atoms with E-state index in [-0.39, 0.29) is 6.04 Å². The molecule has 1 saturated heterocycles. The molecule has 4 rings (SSSR count). The molecular formula is C24H25NO3. The van der Waals surface area contributed by atoms with Gasteiger partial charge in [-0.2, -0.15) is 0 Å². The number of carbonyl (C=O) groups is 1. The maximum atomic E-state index is 11.9. The molecule has 0 bridgehead atoms. The van der Waals surface area contributed by atoms with Crippen molar-refractivity contribution in [2.45, 2.75) is 31.8 Å². The van der Waals surface area contributed by atoms with E-state index < -0.39 is 12.0 Å². The van der Waals surface area contributed by atoms with E-state index in [1.807, 2.05) is 31.2 Å². The molecule has 1 aliphatic heterocycles. The number of aliphatic carboxylic acids is 1. The molecule has 3 aromatic carbocycles. The molecule has 4 heteroatoms. The number of hydrogen-bond acceptors (Lipinski definition) is 3. The van der Waals surface area contributed by atoms with Crippen LogP contribution < -0.4 is 4.74 Å². The molecule has 3 aromatic rings. The molecule has 144 valence electrons. The van der Waals surface area contributed by atoms with E-state index >= 15 is 0 Å². The maximum absolute atomic E-state index is 11.9. The van der Waals surface area contributed by atoms with Crippen molar-refractivity contribution in [1.82, 2.24) is 4.90 Å². The molecule has 28 heavy (non-hydrogen) atoms. The molecule has 0 amide bonds. The van der Waals surface area contributed by atoms with Gasteiger partial charge in [0.2, 0.25) is 0 Å². The second-order valence-electron chi connectivity index (χ2n) is 7.21. The van der Waals surface area contributed by atoms with Crippen LogP contribution in [-0.4, -0.2) is 35.2 Å². The zero-order chi connectivity index (χ0) is 19.5. The molecular weight excluding hydrogens is 350 g/mol. The number of carboxylic acid groups (broad SMARTS) is 1. The Morgan fingerprint density at radius 1 is 1.11 bits per heavy atom. The highest BCUT2D eigenvalue weighted by Crippen LogP contribution is 2.38. The molecule has 2 unspecified atom stereocenters. The Labute approximate surface area is 165 Å². The monoisotopic (exact) mass is 375 g/mol. The Kier molecular flexibility index (Phi) is 5.31. The molecule has 0 aliphatic carbocycles. The molecule has 1 heterocycles. The zero-order valence-electron chi connectivity index (χ0n) is 16.0. The van der Waals surface area contributed by atoms with E-state index in [4.69, 9.17) is 4.74 Å². The number of fused-ring (bicyclic) bond motifs is 1. The first-order valence-corrected chi connectivity index (χ1v) is 9.88. The van der Waals surface area contributed by atoms with E-state index in [0.29, 0.717) is 13.0 Å². The predicted octanol–water partition coefficient (Wildman–Crippen LogP) is 4.88. The normalized spacial score (nSPS) is 18.2. The van der Waals surface area contributed by atoms with Gasteiger partial charge in [0.25, 0.3) is 0 Å². The summed E-state index contributed by atoms with van der Waals surface area (Å²) >= 11 is 0. The van der Waals surface area contributed by atoms with Crippen LogP contribution in [0.25, 0.3) is 10.8 Å². The van der Waals surface area contributed by atoms with E-state index in [9.17, 15) is 9.90 Å². The van der Waals surface area contributed by atoms with Gasteiger partial charge in [0, 0.05) is 6.54 Å². The highest BCUT2D eigenvalue weighted by Gasteiger charge is 2.37. The molecule has 4 nitrogen and oxygen atoms in total. The van der Waals surface area contributed by atoms with Crippen molar-refractivity contribution in [3.05, 3.63) is 77.9 Å². The highest BCUT2D eigenvalue weighted by atomic mass is 16.5. The summed E-state index contributed by atoms with van der Waals surface area (Å²) in [5.74, 6) is 0.0906. The Balaban J connectivity index is 1.85. The smallest absolute Gasteiger partial charge is 0.320 e. The summed E-state index contributed by atoms with van der Waals surface area (Å²) in [5, 5.41) is 12.1. The zero-order valence-corrected chi connectivity index (χ0v) is 16.0. The fraction of sp³-hybridized carbons (Fsp3) is 0.292. The summed E-state index contributed by atoms with van der Waals surface area (Å²) in [5.41, 5.74) is 2.24. The van der Waals surface area contributed by atoms with Crippen LogP contribution in [0, 0.1) is 0 Å². The lowest BCUT2D eigenvalue weighted by molar-refractivity contribution is -0.142. The molecule has 0 aromatic heterocycles. The van der Waals surface area contributed by atoms with Crippen molar-refractivity contribution in [1.29, 1.82) is 0 Å². The van der Waals surface area contributed by atoms with Crippen molar-refractivity contribution >= 4 is 16.7 Å². The van der Waals surface area contributed by atoms with Crippen LogP contribution in [-0.2, 0) is 4.79 Å². The number of hydrogen-bond donors (Lipinski definition) is 1. The molecule has 2 atom stereocenters. The van der Waals surface area contributed by atoms with E-state index in [2.05, 4.69) is 47.4 Å². The SMILES string of the molecule is CCOc1ccc(C(c2cccc3ccccc23)N2CCCC2C(=O)O)cc1. The second kappa shape index (κ2) is 8.03. The van der Waals surface area contributed by atoms with Crippen LogP contribution in [0.3, 0.4) is 0 Å². The first kappa shape index (κ1) is 18.5. The van der Waals surface area contributed by atoms with Gasteiger partial charge in [-0.25, -0.2) is 0 Å². The second-order valence-corrected chi connectivity index (χ2v) is 7.21. The van der Waals surface area contributed by atoms with Gasteiger partial charge in [-0.1, -0.05) is 54.6 Å². The third kappa shape index (κ3) is 3.48. The molecule has 1 N–H and O–H groups in total. The van der Waals surface area contributed by atoms with Crippen LogP contribution in [0.15, 0.2) is 66.7 Å². The minimum absolute atomic E-state index is 0.106. The van der Waals surface area contributed by atoms with Crippen molar-refractivity contribution in [3.8, 4) is 5.75 Å². The topological polar surface area (TPSA) is 49.8 Å². The predicted molar refractivity (Wildman–Crippen MR) is 111 cm³/mol. The minimum atomic E-state index is -0.742. The van der Waals surface area contributed by atoms with Crippen molar-refractivity contribution in [2.24, 2.45) is 0 Å². The lowest BCUT2D eigenvalue weighted by Gasteiger charge is -2.33. The number of benzene rings is 3. The summed E-state index contributed by atoms with van der Waals surface area (Å²) in [4.78, 5) is 14.1. The third-order valence-electron chi connectivity index (χ3n) is 5.54. The summed E-state index contributed by atoms with van der Waals surface area (Å²) in [6.45, 7) is 3.37. The highest BCUT2D eigenvalue weighted by molar-refractivity contribution is 5.86. The Bertz CT molecular complexity index is 962. The number of ether oxygens (including phenoxy) is 1. The number of likely N-dealkylation sites (tertiary alicyclic amines) is 1. The summed E-state index contributed by atoms with van der Waals surface area (Å²) in [6.07, 6.45) is 1.59. The Morgan fingerprint density at radius 3 is 2.61 bits per heavy atom. The summed E-state index contributed by atoms with van der Waals surface area (Å²) < 4.78 is 5.59. The maximum Gasteiger partial charge on any atom is 0.320 e. The summed E-state index contributed by atoms with van der Waals surface area (Å²) in [6, 6.07) is 22.1. The minimum Gasteiger partial charge on any atom is -0.494 e. The van der Waals surface area contributed by atoms with E-state index in [1.54, 1.807) is 0 Å². The molecule has 0 saturated carbocycles. The van der Waals surface area contributed by atoms with Gasteiger partial charge in [0.1, 0.15) is 11.8 Å². The molecule has 0 radical (unpaired) electrons. The van der Waals surface area contributed by atoms with E-state index in [0.717, 1.165) is 29.8 Å². The number of nitrogens with zero attached hydrogens (tertiary/aromatic N) is 1. The quantitative estimate of drug-likeness (QED) is 0.667. The van der Waals surface area contributed by atoms with Gasteiger partial charge in [-0.05, 0) is 53.8 Å². The number of rotatable bonds is 6. The van der Waals surface area contributed by atoms with Crippen LogP contribution >= 0.6 is 0 Å². The van der Waals surface area contributed by atoms with Crippen LogP contribution in [0.4, 0.5) is 0 Å². The average molecular weight is 375 g/mol. The van der Waals surface area contributed by atoms with Gasteiger partial charge in [0.15, 0.2) is 0 Å². The van der Waals surface area contributed by atoms with Gasteiger partial charge in [-0.3, -0.25) is 9.69 Å². The van der Waals surface area contributed by atoms with Gasteiger partial charge in [0.05, 0.1) is 12.6 Å². The standard InChI is InChI=1S/C24H25NO3/c1-2-28-19-14-12-18(13-15-19)23(25-16-6-11-22(25)24(26)27)21-10-5-8-17-7-3-4-9-20(17)21/h3-5,7-10,12-15,22-23H,2,6,11,16H2,1H3,(H,26,27). The largest absolute Gasteiger partial charge is 0.494 e. The van der Waals surface area contributed by atoms with Gasteiger partial charge in [-0.15, -0.1) is 0 Å². The van der Waals surface area contributed by atoms with E-state index in [1.165, 1.54) is 10.8 Å². The van der Waals surface area contributed by atoms with Crippen LogP contribution in [0.2, 0.25) is 0 Å². The first-order chi connectivity index (χ1) is 13.7. The fourth-order valence-corrected chi connectivity index (χ4v) is 4.31. The average Bonchev–Trinajstić information content (AvgIpc) is 3.20. The Morgan fingerprint density at radius 2 is 1.86 bits per heavy atom. The van der Waals surface area contributed by atoms with Gasteiger partial charge < -0.3 is 9.84 Å². The third-order valence-corrected chi connectivity index (χ3v) is 5.54.